The van der Waals surface area contributed by atoms with Gasteiger partial charge in [0.2, 0.25) is 23.6 Å². The molecule has 4 atom stereocenters. The molecule has 7 fully saturated rings. The van der Waals surface area contributed by atoms with Crippen LogP contribution in [0.2, 0.25) is 0 Å². The number of aliphatic hydroxyl groups excluding tert-OH is 1. The number of ether oxygens (including phenoxy) is 1. The highest BCUT2D eigenvalue weighted by atomic mass is 16.5. The number of hydrogen-bond donors (Lipinski definition) is 3. The summed E-state index contributed by atoms with van der Waals surface area (Å²) in [4.78, 5) is 56.9. The molecule has 3 saturated heterocycles. The molecule has 4 unspecified atom stereocenters. The van der Waals surface area contributed by atoms with Crippen LogP contribution in [0, 0.1) is 29.6 Å². The van der Waals surface area contributed by atoms with Gasteiger partial charge in [-0.15, -0.1) is 0 Å². The van der Waals surface area contributed by atoms with Crippen molar-refractivity contribution in [2.45, 2.75) is 166 Å². The first-order valence-electron chi connectivity index (χ1n) is 23.2. The Balaban J connectivity index is 0.784. The Bertz CT molecular complexity index is 1380. The topological polar surface area (TPSA) is 132 Å². The lowest BCUT2D eigenvalue weighted by molar-refractivity contribution is -0.151. The quantitative estimate of drug-likeness (QED) is 0.121. The zero-order chi connectivity index (χ0) is 39.0. The Morgan fingerprint density at radius 1 is 0.732 bits per heavy atom. The van der Waals surface area contributed by atoms with Crippen molar-refractivity contribution < 1.29 is 29.0 Å². The van der Waals surface area contributed by atoms with Gasteiger partial charge in [0.05, 0.1) is 30.7 Å². The second-order valence-electron chi connectivity index (χ2n) is 18.6. The van der Waals surface area contributed by atoms with E-state index in [1.165, 1.54) is 88.4 Å². The molecular weight excluding hydrogens is 707 g/mol. The second-order valence-corrected chi connectivity index (χ2v) is 18.6. The average Bonchev–Trinajstić information content (AvgIpc) is 3.32. The normalized spacial score (nSPS) is 34.9. The molecule has 7 rings (SSSR count). The van der Waals surface area contributed by atoms with Crippen molar-refractivity contribution in [1.29, 1.82) is 0 Å². The molecule has 56 heavy (non-hydrogen) atoms. The van der Waals surface area contributed by atoms with Crippen molar-refractivity contribution in [1.82, 2.24) is 25.3 Å². The monoisotopic (exact) mass is 780 g/mol. The number of nitrogens with one attached hydrogen (secondary N) is 2. The van der Waals surface area contributed by atoms with E-state index in [2.05, 4.69) is 27.4 Å². The van der Waals surface area contributed by atoms with Gasteiger partial charge < -0.3 is 20.1 Å². The van der Waals surface area contributed by atoms with Crippen LogP contribution in [0.4, 0.5) is 0 Å². The van der Waals surface area contributed by atoms with E-state index in [4.69, 9.17) is 4.74 Å². The van der Waals surface area contributed by atoms with Gasteiger partial charge in [-0.3, -0.25) is 34.3 Å². The Hall–Kier alpha value is -2.18. The molecule has 4 amide bonds. The predicted molar refractivity (Wildman–Crippen MR) is 216 cm³/mol. The van der Waals surface area contributed by atoms with Crippen molar-refractivity contribution in [3.8, 4) is 0 Å². The largest absolute Gasteiger partial charge is 0.393 e. The van der Waals surface area contributed by atoms with Gasteiger partial charge >= 0.3 is 0 Å². The molecule has 0 aromatic carbocycles. The number of nitrogens with zero attached hydrogens (tertiary/aromatic N) is 3. The summed E-state index contributed by atoms with van der Waals surface area (Å²) < 4.78 is 6.58. The molecule has 11 heteroatoms. The summed E-state index contributed by atoms with van der Waals surface area (Å²) in [5, 5.41) is 16.3. The van der Waals surface area contributed by atoms with Gasteiger partial charge in [0.1, 0.15) is 6.04 Å². The fraction of sp³-hybridized carbons (Fsp3) is 0.867. The maximum Gasteiger partial charge on any atom is 0.249 e. The van der Waals surface area contributed by atoms with Crippen molar-refractivity contribution in [3.63, 3.8) is 0 Å². The fourth-order valence-electron chi connectivity index (χ4n) is 12.0. The van der Waals surface area contributed by atoms with Gasteiger partial charge in [0.15, 0.2) is 0 Å². The average molecular weight is 780 g/mol. The first-order chi connectivity index (χ1) is 27.3. The fourth-order valence-corrected chi connectivity index (χ4v) is 12.0. The van der Waals surface area contributed by atoms with Crippen LogP contribution in [0.3, 0.4) is 0 Å². The number of aliphatic hydroxyl groups is 1. The standard InChI is InChI=1S/C45H73N5O6/c1-2-37(31-8-4-3-5-9-31)42(32-10-15-35(51)16-11-32)33-12-17-36(18-13-33)56-29-28-49-25-7-24-48(26-27-49)23-6-22-46-34-14-19-38-39(30-34)45(55)50(44(38)54)40-20-21-41(52)47-43(40)53/h31-36,38-40,46,51H,2-30H2,1H3,(H,47,52,53)/b42-37-. The number of carbonyl (C=O) groups is 4. The SMILES string of the molecule is CC/C(=C(\C1CCC(O)CC1)C1CCC(OCCN2CCCN(CCCNC3CCC4C(=O)N(C5CCC(=O)NC5=O)C(=O)C4C3)CC2)CC1)C1CCCCC1. The molecule has 3 N–H and O–H groups in total. The minimum Gasteiger partial charge on any atom is -0.393 e. The molecule has 0 radical (unpaired) electrons. The Morgan fingerprint density at radius 2 is 1.41 bits per heavy atom. The predicted octanol–water partition coefficient (Wildman–Crippen LogP) is 5.35. The number of imide groups is 2. The lowest BCUT2D eigenvalue weighted by atomic mass is 9.68. The van der Waals surface area contributed by atoms with Crippen LogP contribution < -0.4 is 10.6 Å². The zero-order valence-corrected chi connectivity index (χ0v) is 34.5. The van der Waals surface area contributed by atoms with E-state index < -0.39 is 11.9 Å². The van der Waals surface area contributed by atoms with Crippen molar-refractivity contribution in [3.05, 3.63) is 11.1 Å². The minimum atomic E-state index is -0.850. The third-order valence-corrected chi connectivity index (χ3v) is 15.1. The van der Waals surface area contributed by atoms with Crippen molar-refractivity contribution in [2.24, 2.45) is 29.6 Å². The molecule has 11 nitrogen and oxygen atoms in total. The third kappa shape index (κ3) is 10.3. The summed E-state index contributed by atoms with van der Waals surface area (Å²) in [5.74, 6) is 0.175. The third-order valence-electron chi connectivity index (χ3n) is 15.1. The van der Waals surface area contributed by atoms with E-state index in [9.17, 15) is 24.3 Å². The van der Waals surface area contributed by atoms with E-state index in [-0.39, 0.29) is 54.5 Å². The molecule has 314 valence electrons. The molecule has 0 aromatic heterocycles. The summed E-state index contributed by atoms with van der Waals surface area (Å²) >= 11 is 0. The molecule has 0 spiro atoms. The maximum absolute atomic E-state index is 13.3. The number of fused-ring (bicyclic) bond motifs is 1. The smallest absolute Gasteiger partial charge is 0.249 e. The highest BCUT2D eigenvalue weighted by Crippen LogP contribution is 2.46. The molecule has 4 aliphatic carbocycles. The minimum absolute atomic E-state index is 0.0891. The number of carbonyl (C=O) groups excluding carboxylic acids is 4. The molecule has 4 saturated carbocycles. The van der Waals surface area contributed by atoms with Crippen LogP contribution in [-0.4, -0.2) is 120 Å². The van der Waals surface area contributed by atoms with E-state index in [1.54, 1.807) is 0 Å². The van der Waals surface area contributed by atoms with Crippen molar-refractivity contribution >= 4 is 23.6 Å². The van der Waals surface area contributed by atoms with E-state index in [1.807, 2.05) is 11.1 Å². The van der Waals surface area contributed by atoms with Crippen LogP contribution in [-0.2, 0) is 23.9 Å². The zero-order valence-electron chi connectivity index (χ0n) is 34.5. The number of hydrogen-bond acceptors (Lipinski definition) is 9. The summed E-state index contributed by atoms with van der Waals surface area (Å²) in [7, 11) is 0. The molecule has 3 aliphatic heterocycles. The number of allylic oxidation sites excluding steroid dienone is 2. The molecule has 7 aliphatic rings. The number of likely N-dealkylation sites (tertiary alicyclic amines) is 1. The maximum atomic E-state index is 13.3. The lowest BCUT2D eigenvalue weighted by Crippen LogP contribution is -2.54. The van der Waals surface area contributed by atoms with Crippen LogP contribution in [0.15, 0.2) is 11.1 Å². The highest BCUT2D eigenvalue weighted by molar-refractivity contribution is 6.10. The van der Waals surface area contributed by atoms with Gasteiger partial charge in [-0.05, 0) is 153 Å². The van der Waals surface area contributed by atoms with Crippen LogP contribution in [0.25, 0.3) is 0 Å². The van der Waals surface area contributed by atoms with Gasteiger partial charge in [-0.1, -0.05) is 37.3 Å². The van der Waals surface area contributed by atoms with Gasteiger partial charge in [-0.25, -0.2) is 0 Å². The van der Waals surface area contributed by atoms with Gasteiger partial charge in [0, 0.05) is 32.1 Å². The van der Waals surface area contributed by atoms with Gasteiger partial charge in [0.25, 0.3) is 0 Å². The summed E-state index contributed by atoms with van der Waals surface area (Å²) in [6.45, 7) is 10.6. The van der Waals surface area contributed by atoms with Crippen LogP contribution in [0.5, 0.6) is 0 Å². The Morgan fingerprint density at radius 3 is 2.11 bits per heavy atom. The van der Waals surface area contributed by atoms with E-state index >= 15 is 0 Å². The van der Waals surface area contributed by atoms with Crippen molar-refractivity contribution in [2.75, 3.05) is 52.4 Å². The van der Waals surface area contributed by atoms with Crippen LogP contribution >= 0.6 is 0 Å². The number of amides is 4. The summed E-state index contributed by atoms with van der Waals surface area (Å²) in [6, 6.07) is -0.651. The summed E-state index contributed by atoms with van der Waals surface area (Å²) in [6.07, 6.45) is 22.5. The number of piperidine rings is 1. The second kappa shape index (κ2) is 20.2. The number of rotatable bonds is 14. The molecule has 3 heterocycles. The molecule has 0 bridgehead atoms. The lowest BCUT2D eigenvalue weighted by Gasteiger charge is -2.39. The Kier molecular flexibility index (Phi) is 15.1. The molecule has 0 aromatic rings. The first kappa shape index (κ1) is 42.0. The van der Waals surface area contributed by atoms with E-state index in [0.717, 1.165) is 84.0 Å². The van der Waals surface area contributed by atoms with E-state index in [0.29, 0.717) is 30.8 Å². The highest BCUT2D eigenvalue weighted by Gasteiger charge is 2.54. The van der Waals surface area contributed by atoms with Crippen LogP contribution in [0.1, 0.15) is 142 Å². The summed E-state index contributed by atoms with van der Waals surface area (Å²) in [5.41, 5.74) is 3.67. The Labute approximate surface area is 336 Å². The molecular formula is C45H73N5O6. The van der Waals surface area contributed by atoms with Gasteiger partial charge in [-0.2, -0.15) is 0 Å². The first-order valence-corrected chi connectivity index (χ1v) is 23.2.